The Hall–Kier alpha value is -3.09. The summed E-state index contributed by atoms with van der Waals surface area (Å²) in [6.45, 7) is 11.4. The lowest BCUT2D eigenvalue weighted by atomic mass is 10.0. The van der Waals surface area contributed by atoms with Crippen molar-refractivity contribution in [3.8, 4) is 0 Å². The average Bonchev–Trinajstić information content (AvgIpc) is 3.48. The Morgan fingerprint density at radius 3 is 2.73 bits per heavy atom. The maximum atomic E-state index is 5.98. The summed E-state index contributed by atoms with van der Waals surface area (Å²) in [6, 6.07) is 10.7. The van der Waals surface area contributed by atoms with Crippen LogP contribution in [0.1, 0.15) is 35.1 Å². The minimum absolute atomic E-state index is 0.602. The van der Waals surface area contributed by atoms with Crippen LogP contribution in [0.25, 0.3) is 17.0 Å². The normalized spacial score (nSPS) is 18.2. The molecule has 5 rings (SSSR count). The molecular weight excluding hydrogens is 412 g/mol. The molecule has 0 aliphatic carbocycles. The van der Waals surface area contributed by atoms with Crippen LogP contribution in [0.15, 0.2) is 52.9 Å². The number of aromatic nitrogens is 2. The smallest absolute Gasteiger partial charge is 0.147 e. The Kier molecular flexibility index (Phi) is 6.20. The second-order valence-corrected chi connectivity index (χ2v) is 8.75. The first-order valence-electron chi connectivity index (χ1n) is 11.8. The maximum absolute atomic E-state index is 5.98. The van der Waals surface area contributed by atoms with Gasteiger partial charge in [-0.15, -0.1) is 0 Å². The minimum Gasteiger partial charge on any atom is -0.492 e. The summed E-state index contributed by atoms with van der Waals surface area (Å²) in [7, 11) is 0. The van der Waals surface area contributed by atoms with Gasteiger partial charge in [0.05, 0.1) is 31.2 Å². The molecule has 0 saturated carbocycles. The molecule has 172 valence electrons. The molecule has 2 aromatic heterocycles. The molecule has 1 aromatic carbocycles. The summed E-state index contributed by atoms with van der Waals surface area (Å²) in [5.41, 5.74) is 8.75. The van der Waals surface area contributed by atoms with Gasteiger partial charge in [0, 0.05) is 48.0 Å². The van der Waals surface area contributed by atoms with E-state index in [1.807, 2.05) is 6.92 Å². The molecule has 0 amide bonds. The third kappa shape index (κ3) is 4.54. The van der Waals surface area contributed by atoms with Gasteiger partial charge in [-0.2, -0.15) is 0 Å². The van der Waals surface area contributed by atoms with Crippen molar-refractivity contribution in [1.82, 2.24) is 14.9 Å². The minimum atomic E-state index is 0.602. The van der Waals surface area contributed by atoms with Crippen molar-refractivity contribution in [2.24, 2.45) is 4.99 Å². The fraction of sp³-hybridized carbons (Fsp3) is 0.370. The third-order valence-corrected chi connectivity index (χ3v) is 6.38. The first kappa shape index (κ1) is 21.7. The van der Waals surface area contributed by atoms with Gasteiger partial charge in [0.25, 0.3) is 0 Å². The van der Waals surface area contributed by atoms with E-state index < -0.39 is 0 Å². The number of nitrogens with zero attached hydrogens (tertiary/aromatic N) is 2. The predicted molar refractivity (Wildman–Crippen MR) is 134 cm³/mol. The van der Waals surface area contributed by atoms with Crippen molar-refractivity contribution in [2.45, 2.75) is 27.2 Å². The Balaban J connectivity index is 1.52. The third-order valence-electron chi connectivity index (χ3n) is 6.38. The standard InChI is InChI=1S/C27H32N4O2/c1-4-33-26-17-25(29-24(26)16-23-18(2)15-19(3)28-23)27-21(9-10-31-11-13-32-14-12-31)20-7-5-6-8-22(20)30-27/h5-8,15-17,28,30H,4,9-14H2,1-3H3. The summed E-state index contributed by atoms with van der Waals surface area (Å²) in [5.74, 6) is 0.817. The number of allylic oxidation sites excluding steroid dienone is 1. The van der Waals surface area contributed by atoms with Gasteiger partial charge in [0.2, 0.25) is 0 Å². The van der Waals surface area contributed by atoms with Crippen molar-refractivity contribution in [3.05, 3.63) is 76.1 Å². The highest BCUT2D eigenvalue weighted by Gasteiger charge is 2.23. The predicted octanol–water partition coefficient (Wildman–Crippen LogP) is 4.75. The van der Waals surface area contributed by atoms with E-state index in [9.17, 15) is 0 Å². The summed E-state index contributed by atoms with van der Waals surface area (Å²) >= 11 is 0. The zero-order chi connectivity index (χ0) is 22.8. The van der Waals surface area contributed by atoms with E-state index in [0.29, 0.717) is 6.61 Å². The van der Waals surface area contributed by atoms with Crippen molar-refractivity contribution in [2.75, 3.05) is 39.5 Å². The summed E-state index contributed by atoms with van der Waals surface area (Å²) in [5, 5.41) is 1.27. The molecule has 2 aliphatic heterocycles. The van der Waals surface area contributed by atoms with Crippen LogP contribution in [0.3, 0.4) is 0 Å². The monoisotopic (exact) mass is 444 g/mol. The molecule has 6 heteroatoms. The van der Waals surface area contributed by atoms with Gasteiger partial charge >= 0.3 is 0 Å². The van der Waals surface area contributed by atoms with Gasteiger partial charge in [-0.25, -0.2) is 4.99 Å². The Morgan fingerprint density at radius 2 is 1.97 bits per heavy atom. The SMILES string of the molecule is CCOC1=CC(c2[nH]c3ccccc3c2CCN2CCOCC2)=NC1=Cc1[nH]c(C)cc1C. The van der Waals surface area contributed by atoms with E-state index in [2.05, 4.69) is 71.2 Å². The number of H-pyrrole nitrogens is 2. The fourth-order valence-corrected chi connectivity index (χ4v) is 4.73. The van der Waals surface area contributed by atoms with E-state index in [0.717, 1.165) is 79.0 Å². The molecule has 4 heterocycles. The quantitative estimate of drug-likeness (QED) is 0.553. The maximum Gasteiger partial charge on any atom is 0.147 e. The highest BCUT2D eigenvalue weighted by molar-refractivity contribution is 6.14. The van der Waals surface area contributed by atoms with Gasteiger partial charge in [0.1, 0.15) is 11.5 Å². The van der Waals surface area contributed by atoms with Gasteiger partial charge in [-0.05, 0) is 56.5 Å². The highest BCUT2D eigenvalue weighted by Crippen LogP contribution is 2.30. The molecule has 0 radical (unpaired) electrons. The molecule has 0 unspecified atom stereocenters. The van der Waals surface area contributed by atoms with Crippen LogP contribution in [0.2, 0.25) is 0 Å². The summed E-state index contributed by atoms with van der Waals surface area (Å²) in [6.07, 6.45) is 5.13. The van der Waals surface area contributed by atoms with Gasteiger partial charge < -0.3 is 19.4 Å². The van der Waals surface area contributed by atoms with Crippen LogP contribution in [-0.2, 0) is 15.9 Å². The number of fused-ring (bicyclic) bond motifs is 1. The number of benzene rings is 1. The lowest BCUT2D eigenvalue weighted by Crippen LogP contribution is -2.37. The topological polar surface area (TPSA) is 65.6 Å². The number of rotatable bonds is 7. The summed E-state index contributed by atoms with van der Waals surface area (Å²) in [4.78, 5) is 14.6. The van der Waals surface area contributed by atoms with Crippen molar-refractivity contribution >= 4 is 22.7 Å². The molecule has 0 spiro atoms. The molecule has 6 nitrogen and oxygen atoms in total. The molecular formula is C27H32N4O2. The number of ether oxygens (including phenoxy) is 2. The number of morpholine rings is 1. The fourth-order valence-electron chi connectivity index (χ4n) is 4.73. The number of hydrogen-bond acceptors (Lipinski definition) is 4. The lowest BCUT2D eigenvalue weighted by molar-refractivity contribution is 0.0385. The van der Waals surface area contributed by atoms with Crippen LogP contribution in [0, 0.1) is 13.8 Å². The zero-order valence-electron chi connectivity index (χ0n) is 19.7. The molecule has 1 saturated heterocycles. The molecule has 0 bridgehead atoms. The van der Waals surface area contributed by atoms with Crippen LogP contribution >= 0.6 is 0 Å². The zero-order valence-corrected chi connectivity index (χ0v) is 19.7. The Bertz CT molecular complexity index is 1240. The number of aromatic amines is 2. The molecule has 33 heavy (non-hydrogen) atoms. The van der Waals surface area contributed by atoms with Gasteiger partial charge in [0.15, 0.2) is 0 Å². The number of nitrogens with one attached hydrogen (secondary N) is 2. The van der Waals surface area contributed by atoms with Crippen molar-refractivity contribution < 1.29 is 9.47 Å². The Morgan fingerprint density at radius 1 is 1.15 bits per heavy atom. The second-order valence-electron chi connectivity index (χ2n) is 8.75. The Labute approximate surface area is 195 Å². The van der Waals surface area contributed by atoms with E-state index in [4.69, 9.17) is 14.5 Å². The lowest BCUT2D eigenvalue weighted by Gasteiger charge is -2.26. The molecule has 3 aromatic rings. The molecule has 2 N–H and O–H groups in total. The second kappa shape index (κ2) is 9.41. The van der Waals surface area contributed by atoms with E-state index >= 15 is 0 Å². The van der Waals surface area contributed by atoms with E-state index in [-0.39, 0.29) is 0 Å². The number of aryl methyl sites for hydroxylation is 2. The molecule has 2 aliphatic rings. The van der Waals surface area contributed by atoms with Crippen LogP contribution in [-0.4, -0.2) is 60.0 Å². The first-order valence-corrected chi connectivity index (χ1v) is 11.8. The number of para-hydroxylation sites is 1. The molecule has 0 atom stereocenters. The van der Waals surface area contributed by atoms with Crippen LogP contribution < -0.4 is 0 Å². The first-order chi connectivity index (χ1) is 16.1. The van der Waals surface area contributed by atoms with Gasteiger partial charge in [-0.1, -0.05) is 18.2 Å². The number of aliphatic imine (C=N–C) groups is 1. The van der Waals surface area contributed by atoms with Crippen molar-refractivity contribution in [1.29, 1.82) is 0 Å². The summed E-state index contributed by atoms with van der Waals surface area (Å²) < 4.78 is 11.5. The van der Waals surface area contributed by atoms with E-state index in [1.54, 1.807) is 0 Å². The highest BCUT2D eigenvalue weighted by atomic mass is 16.5. The van der Waals surface area contributed by atoms with Crippen LogP contribution in [0.5, 0.6) is 0 Å². The molecule has 1 fully saturated rings. The van der Waals surface area contributed by atoms with Crippen molar-refractivity contribution in [3.63, 3.8) is 0 Å². The largest absolute Gasteiger partial charge is 0.492 e. The van der Waals surface area contributed by atoms with E-state index in [1.165, 1.54) is 16.5 Å². The van der Waals surface area contributed by atoms with Crippen LogP contribution in [0.4, 0.5) is 0 Å². The van der Waals surface area contributed by atoms with Gasteiger partial charge in [-0.3, -0.25) is 4.90 Å². The number of hydrogen-bond donors (Lipinski definition) is 2. The average molecular weight is 445 g/mol.